The van der Waals surface area contributed by atoms with Crippen LogP contribution in [0.1, 0.15) is 12.8 Å². The summed E-state index contributed by atoms with van der Waals surface area (Å²) in [6.45, 7) is 0. The molecule has 1 aliphatic rings. The fraction of sp³-hybridized carbons (Fsp3) is 0.857. The molecule has 0 amide bonds. The van der Waals surface area contributed by atoms with Gasteiger partial charge in [-0.1, -0.05) is 0 Å². The minimum Gasteiger partial charge on any atom is -0.479 e. The maximum atomic E-state index is 10.5. The number of carboxylic acid groups (broad SMARTS) is 1. The van der Waals surface area contributed by atoms with Crippen LogP contribution < -0.4 is 0 Å². The van der Waals surface area contributed by atoms with Crippen LogP contribution in [0, 0.1) is 0 Å². The highest BCUT2D eigenvalue weighted by atomic mass is 16.4. The fourth-order valence-corrected chi connectivity index (χ4v) is 1.45. The summed E-state index contributed by atoms with van der Waals surface area (Å²) < 4.78 is 0. The van der Waals surface area contributed by atoms with Crippen LogP contribution in [0.3, 0.4) is 0 Å². The SMILES string of the molecule is O=C(O)C1(O)C[C@H](O)C(O)[C@@H](O)C1. The molecule has 1 saturated carbocycles. The Labute approximate surface area is 74.1 Å². The number of hydrogen-bond donors (Lipinski definition) is 5. The summed E-state index contributed by atoms with van der Waals surface area (Å²) >= 11 is 0. The van der Waals surface area contributed by atoms with E-state index in [9.17, 15) is 9.90 Å². The van der Waals surface area contributed by atoms with Gasteiger partial charge in [-0.15, -0.1) is 0 Å². The molecule has 6 nitrogen and oxygen atoms in total. The van der Waals surface area contributed by atoms with Crippen molar-refractivity contribution in [2.75, 3.05) is 0 Å². The van der Waals surface area contributed by atoms with Crippen molar-refractivity contribution in [2.45, 2.75) is 36.8 Å². The average Bonchev–Trinajstić information content (AvgIpc) is 2.00. The molecule has 13 heavy (non-hydrogen) atoms. The van der Waals surface area contributed by atoms with Gasteiger partial charge in [0.15, 0.2) is 5.60 Å². The van der Waals surface area contributed by atoms with Gasteiger partial charge < -0.3 is 25.5 Å². The predicted molar refractivity (Wildman–Crippen MR) is 39.8 cm³/mol. The number of carbonyl (C=O) groups is 1. The molecule has 0 aromatic heterocycles. The molecule has 0 aliphatic heterocycles. The lowest BCUT2D eigenvalue weighted by molar-refractivity contribution is -0.187. The van der Waals surface area contributed by atoms with Gasteiger partial charge in [0.1, 0.15) is 6.10 Å². The summed E-state index contributed by atoms with van der Waals surface area (Å²) in [4.78, 5) is 10.5. The van der Waals surface area contributed by atoms with Gasteiger partial charge >= 0.3 is 5.97 Å². The highest BCUT2D eigenvalue weighted by molar-refractivity contribution is 5.77. The van der Waals surface area contributed by atoms with Crippen LogP contribution in [-0.2, 0) is 4.79 Å². The van der Waals surface area contributed by atoms with Crippen LogP contribution in [0.25, 0.3) is 0 Å². The van der Waals surface area contributed by atoms with Gasteiger partial charge in [0, 0.05) is 12.8 Å². The van der Waals surface area contributed by atoms with Crippen molar-refractivity contribution >= 4 is 5.97 Å². The van der Waals surface area contributed by atoms with Gasteiger partial charge in [-0.05, 0) is 0 Å². The van der Waals surface area contributed by atoms with Gasteiger partial charge in [0.2, 0.25) is 0 Å². The average molecular weight is 192 g/mol. The van der Waals surface area contributed by atoms with Crippen LogP contribution in [-0.4, -0.2) is 55.4 Å². The highest BCUT2D eigenvalue weighted by Gasteiger charge is 2.48. The number of carboxylic acids is 1. The molecule has 6 heteroatoms. The first-order chi connectivity index (χ1) is 5.87. The molecule has 0 bridgehead atoms. The first-order valence-electron chi connectivity index (χ1n) is 3.87. The molecule has 0 radical (unpaired) electrons. The number of hydrogen-bond acceptors (Lipinski definition) is 5. The summed E-state index contributed by atoms with van der Waals surface area (Å²) in [5, 5.41) is 45.2. The van der Waals surface area contributed by atoms with Gasteiger partial charge in [0.25, 0.3) is 0 Å². The maximum absolute atomic E-state index is 10.5. The zero-order valence-electron chi connectivity index (χ0n) is 6.79. The second-order valence-electron chi connectivity index (χ2n) is 3.37. The molecule has 1 rings (SSSR count). The molecule has 0 heterocycles. The number of aliphatic hydroxyl groups is 4. The lowest BCUT2D eigenvalue weighted by Gasteiger charge is -2.37. The molecule has 2 atom stereocenters. The van der Waals surface area contributed by atoms with E-state index in [0.717, 1.165) is 0 Å². The molecule has 0 aromatic carbocycles. The van der Waals surface area contributed by atoms with Crippen molar-refractivity contribution in [1.82, 2.24) is 0 Å². The maximum Gasteiger partial charge on any atom is 0.335 e. The predicted octanol–water partition coefficient (Wildman–Crippen LogP) is -2.32. The van der Waals surface area contributed by atoms with Crippen LogP contribution >= 0.6 is 0 Å². The molecule has 0 aromatic rings. The second kappa shape index (κ2) is 3.22. The van der Waals surface area contributed by atoms with E-state index in [4.69, 9.17) is 20.4 Å². The number of aliphatic carboxylic acids is 1. The van der Waals surface area contributed by atoms with E-state index in [0.29, 0.717) is 0 Å². The molecule has 76 valence electrons. The third-order valence-corrected chi connectivity index (χ3v) is 2.28. The minimum atomic E-state index is -2.14. The van der Waals surface area contributed by atoms with Gasteiger partial charge in [-0.3, -0.25) is 0 Å². The summed E-state index contributed by atoms with van der Waals surface area (Å²) in [5.41, 5.74) is -2.14. The van der Waals surface area contributed by atoms with Crippen LogP contribution in [0.4, 0.5) is 0 Å². The van der Waals surface area contributed by atoms with E-state index >= 15 is 0 Å². The largest absolute Gasteiger partial charge is 0.479 e. The molecule has 0 unspecified atom stereocenters. The van der Waals surface area contributed by atoms with Crippen molar-refractivity contribution in [3.63, 3.8) is 0 Å². The molecule has 0 saturated heterocycles. The third kappa shape index (κ3) is 1.80. The Morgan fingerprint density at radius 3 is 1.85 bits per heavy atom. The van der Waals surface area contributed by atoms with Gasteiger partial charge in [0.05, 0.1) is 12.2 Å². The quantitative estimate of drug-likeness (QED) is 0.318. The van der Waals surface area contributed by atoms with E-state index in [1.165, 1.54) is 0 Å². The Hall–Kier alpha value is -0.690. The van der Waals surface area contributed by atoms with Gasteiger partial charge in [-0.2, -0.15) is 0 Å². The Kier molecular flexibility index (Phi) is 2.58. The smallest absolute Gasteiger partial charge is 0.335 e. The van der Waals surface area contributed by atoms with Crippen LogP contribution in [0.15, 0.2) is 0 Å². The minimum absolute atomic E-state index is 0.472. The van der Waals surface area contributed by atoms with Crippen molar-refractivity contribution in [3.05, 3.63) is 0 Å². The number of aliphatic hydroxyl groups excluding tert-OH is 3. The normalized spacial score (nSPS) is 46.0. The second-order valence-corrected chi connectivity index (χ2v) is 3.37. The van der Waals surface area contributed by atoms with E-state index in [1.54, 1.807) is 0 Å². The summed E-state index contributed by atoms with van der Waals surface area (Å²) in [7, 11) is 0. The summed E-state index contributed by atoms with van der Waals surface area (Å²) in [6, 6.07) is 0. The van der Waals surface area contributed by atoms with E-state index in [2.05, 4.69) is 0 Å². The summed E-state index contributed by atoms with van der Waals surface area (Å²) in [6.07, 6.45) is -5.16. The summed E-state index contributed by atoms with van der Waals surface area (Å²) in [5.74, 6) is -1.50. The van der Waals surface area contributed by atoms with Crippen molar-refractivity contribution in [3.8, 4) is 0 Å². The molecular weight excluding hydrogens is 180 g/mol. The molecule has 0 spiro atoms. The molecular formula is C7H12O6. The lowest BCUT2D eigenvalue weighted by Crippen LogP contribution is -2.56. The third-order valence-electron chi connectivity index (χ3n) is 2.28. The lowest BCUT2D eigenvalue weighted by atomic mass is 9.80. The first kappa shape index (κ1) is 10.4. The topological polar surface area (TPSA) is 118 Å². The molecule has 1 fully saturated rings. The fourth-order valence-electron chi connectivity index (χ4n) is 1.45. The molecule has 1 aliphatic carbocycles. The van der Waals surface area contributed by atoms with E-state index in [-0.39, 0.29) is 0 Å². The Balaban J connectivity index is 2.79. The first-order valence-corrected chi connectivity index (χ1v) is 3.87. The van der Waals surface area contributed by atoms with E-state index < -0.39 is 42.7 Å². The van der Waals surface area contributed by atoms with E-state index in [1.807, 2.05) is 0 Å². The van der Waals surface area contributed by atoms with Crippen molar-refractivity contribution in [1.29, 1.82) is 0 Å². The van der Waals surface area contributed by atoms with Crippen molar-refractivity contribution < 1.29 is 30.3 Å². The number of rotatable bonds is 1. The van der Waals surface area contributed by atoms with Gasteiger partial charge in [-0.25, -0.2) is 4.79 Å². The Morgan fingerprint density at radius 1 is 1.15 bits per heavy atom. The molecule has 5 N–H and O–H groups in total. The highest BCUT2D eigenvalue weighted by Crippen LogP contribution is 2.29. The zero-order valence-corrected chi connectivity index (χ0v) is 6.79. The van der Waals surface area contributed by atoms with Crippen molar-refractivity contribution in [2.24, 2.45) is 0 Å². The Bertz CT molecular complexity index is 203. The van der Waals surface area contributed by atoms with Crippen LogP contribution in [0.5, 0.6) is 0 Å². The Morgan fingerprint density at radius 2 is 1.54 bits per heavy atom. The van der Waals surface area contributed by atoms with Crippen LogP contribution in [0.2, 0.25) is 0 Å². The standard InChI is InChI=1S/C7H12O6/c8-3-1-7(13,6(11)12)2-4(9)5(3)10/h3-5,8-10,13H,1-2H2,(H,11,12)/t3-,4-,5?,7?/m0/s1. The zero-order chi connectivity index (χ0) is 10.2. The monoisotopic (exact) mass is 192 g/mol.